The molecule has 2 unspecified atom stereocenters. The van der Waals surface area contributed by atoms with Crippen LogP contribution >= 0.6 is 23.2 Å². The number of hydrogen-bond acceptors (Lipinski definition) is 4. The fraction of sp³-hybridized carbons (Fsp3) is 0.308. The van der Waals surface area contributed by atoms with Gasteiger partial charge < -0.3 is 19.7 Å². The fourth-order valence-electron chi connectivity index (χ4n) is 4.10. The average Bonchev–Trinajstić information content (AvgIpc) is 2.85. The number of ether oxygens (including phenoxy) is 2. The summed E-state index contributed by atoms with van der Waals surface area (Å²) in [5.74, 6) is -1.13. The third-order valence-corrected chi connectivity index (χ3v) is 6.35. The summed E-state index contributed by atoms with van der Waals surface area (Å²) in [4.78, 5) is 0. The number of alkyl halides is 2. The lowest BCUT2D eigenvalue weighted by Gasteiger charge is -2.38. The minimum Gasteiger partial charge on any atom is -0.389 e. The molecule has 4 nitrogen and oxygen atoms in total. The van der Waals surface area contributed by atoms with Crippen LogP contribution in [0.15, 0.2) is 66.7 Å². The summed E-state index contributed by atoms with van der Waals surface area (Å²) in [6.45, 7) is -0.0184. The highest BCUT2D eigenvalue weighted by Gasteiger charge is 2.40. The van der Waals surface area contributed by atoms with Crippen molar-refractivity contribution in [1.29, 1.82) is 0 Å². The van der Waals surface area contributed by atoms with Crippen molar-refractivity contribution in [3.8, 4) is 0 Å². The summed E-state index contributed by atoms with van der Waals surface area (Å²) >= 11 is 11.7. The number of halogens is 2. The summed E-state index contributed by atoms with van der Waals surface area (Å²) in [6, 6.07) is 22.4. The van der Waals surface area contributed by atoms with Gasteiger partial charge in [0, 0.05) is 12.0 Å². The van der Waals surface area contributed by atoms with Gasteiger partial charge in [0.25, 0.3) is 0 Å². The summed E-state index contributed by atoms with van der Waals surface area (Å²) in [5.41, 5.74) is 1.83. The standard InChI is InChI=1S/C26H26Cl2O4/c27-14-20(29)16-31-26(32-17-21(30)15-28)13-12-19-7-2-4-10-23(19)25(26)24-11-5-8-18-6-1-3-9-22(18)24/h1-12,20-21,29-30H,13-17H2. The van der Waals surface area contributed by atoms with Gasteiger partial charge in [-0.1, -0.05) is 72.8 Å². The fourth-order valence-corrected chi connectivity index (χ4v) is 4.28. The van der Waals surface area contributed by atoms with Crippen LogP contribution in [-0.2, 0) is 9.47 Å². The van der Waals surface area contributed by atoms with Crippen molar-refractivity contribution < 1.29 is 19.7 Å². The van der Waals surface area contributed by atoms with Crippen LogP contribution in [0.5, 0.6) is 0 Å². The smallest absolute Gasteiger partial charge is 0.199 e. The van der Waals surface area contributed by atoms with E-state index >= 15 is 0 Å². The van der Waals surface area contributed by atoms with Gasteiger partial charge in [-0.2, -0.15) is 0 Å². The molecule has 0 amide bonds. The largest absolute Gasteiger partial charge is 0.389 e. The number of aliphatic hydroxyl groups excluding tert-OH is 2. The van der Waals surface area contributed by atoms with Gasteiger partial charge in [0.2, 0.25) is 0 Å². The molecule has 1 aliphatic rings. The lowest BCUT2D eigenvalue weighted by atomic mass is 9.85. The van der Waals surface area contributed by atoms with Gasteiger partial charge in [-0.15, -0.1) is 23.2 Å². The first-order valence-corrected chi connectivity index (χ1v) is 11.7. The molecule has 0 radical (unpaired) electrons. The van der Waals surface area contributed by atoms with Crippen LogP contribution in [0.4, 0.5) is 0 Å². The molecule has 0 fully saturated rings. The van der Waals surface area contributed by atoms with Gasteiger partial charge in [-0.05, 0) is 26.8 Å². The van der Waals surface area contributed by atoms with Crippen LogP contribution in [-0.4, -0.2) is 53.2 Å². The van der Waals surface area contributed by atoms with Crippen LogP contribution in [0.2, 0.25) is 0 Å². The van der Waals surface area contributed by atoms with Crippen LogP contribution in [0.1, 0.15) is 12.0 Å². The molecule has 0 aliphatic heterocycles. The summed E-state index contributed by atoms with van der Waals surface area (Å²) in [7, 11) is 0. The normalized spacial score (nSPS) is 19.9. The Morgan fingerprint density at radius 2 is 1.44 bits per heavy atom. The molecule has 3 aromatic carbocycles. The second kappa shape index (κ2) is 10.3. The molecular weight excluding hydrogens is 447 g/mol. The summed E-state index contributed by atoms with van der Waals surface area (Å²) in [5, 5.41) is 24.5. The Bertz CT molecular complexity index is 1170. The van der Waals surface area contributed by atoms with Crippen LogP contribution in [0.25, 0.3) is 22.4 Å². The van der Waals surface area contributed by atoms with E-state index in [1.807, 2.05) is 36.4 Å². The molecule has 0 aromatic heterocycles. The monoisotopic (exact) mass is 472 g/mol. The second-order valence-electron chi connectivity index (χ2n) is 7.89. The van der Waals surface area contributed by atoms with E-state index in [-0.39, 0.29) is 25.0 Å². The maximum absolute atomic E-state index is 10.1. The van der Waals surface area contributed by atoms with Gasteiger partial charge >= 0.3 is 0 Å². The summed E-state index contributed by atoms with van der Waals surface area (Å²) in [6.07, 6.45) is 0.776. The number of benzene rings is 3. The van der Waals surface area contributed by atoms with E-state index in [0.717, 1.165) is 32.3 Å². The van der Waals surface area contributed by atoms with Gasteiger partial charge in [0.15, 0.2) is 5.79 Å². The molecule has 32 heavy (non-hydrogen) atoms. The van der Waals surface area contributed by atoms with Crippen molar-refractivity contribution in [2.45, 2.75) is 24.4 Å². The Hall–Kier alpha value is -1.92. The lowest BCUT2D eigenvalue weighted by molar-refractivity contribution is -0.212. The van der Waals surface area contributed by atoms with E-state index in [1.165, 1.54) is 0 Å². The zero-order valence-electron chi connectivity index (χ0n) is 17.6. The molecule has 0 spiro atoms. The number of aliphatic hydroxyl groups is 2. The van der Waals surface area contributed by atoms with Crippen molar-refractivity contribution in [1.82, 2.24) is 0 Å². The minimum atomic E-state index is -1.22. The summed E-state index contributed by atoms with van der Waals surface area (Å²) < 4.78 is 12.6. The van der Waals surface area contributed by atoms with E-state index in [0.29, 0.717) is 6.42 Å². The minimum absolute atomic E-state index is 0.00918. The Balaban J connectivity index is 1.96. The molecule has 3 aromatic rings. The van der Waals surface area contributed by atoms with Gasteiger partial charge in [0.05, 0.1) is 37.2 Å². The second-order valence-corrected chi connectivity index (χ2v) is 8.51. The topological polar surface area (TPSA) is 58.9 Å². The van der Waals surface area contributed by atoms with Crippen LogP contribution in [0, 0.1) is 0 Å². The van der Waals surface area contributed by atoms with Crippen molar-refractivity contribution >= 4 is 45.6 Å². The third-order valence-electron chi connectivity index (χ3n) is 5.63. The van der Waals surface area contributed by atoms with Gasteiger partial charge in [-0.3, -0.25) is 0 Å². The van der Waals surface area contributed by atoms with Crippen molar-refractivity contribution in [2.24, 2.45) is 0 Å². The molecule has 1 aliphatic carbocycles. The number of rotatable bonds is 9. The highest BCUT2D eigenvalue weighted by atomic mass is 35.5. The van der Waals surface area contributed by atoms with E-state index in [9.17, 15) is 10.2 Å². The third kappa shape index (κ3) is 4.72. The predicted molar refractivity (Wildman–Crippen MR) is 129 cm³/mol. The van der Waals surface area contributed by atoms with Crippen LogP contribution < -0.4 is 10.4 Å². The molecule has 0 heterocycles. The van der Waals surface area contributed by atoms with E-state index < -0.39 is 18.0 Å². The molecular formula is C26H26Cl2O4. The Kier molecular flexibility index (Phi) is 7.51. The Morgan fingerprint density at radius 1 is 0.812 bits per heavy atom. The molecule has 0 bridgehead atoms. The zero-order valence-corrected chi connectivity index (χ0v) is 19.1. The first kappa shape index (κ1) is 23.2. The van der Waals surface area contributed by atoms with E-state index in [4.69, 9.17) is 32.7 Å². The highest BCUT2D eigenvalue weighted by molar-refractivity contribution is 6.18. The maximum Gasteiger partial charge on any atom is 0.199 e. The lowest BCUT2D eigenvalue weighted by Crippen LogP contribution is -2.49. The van der Waals surface area contributed by atoms with Crippen LogP contribution in [0.3, 0.4) is 0 Å². The number of hydrogen-bond donors (Lipinski definition) is 2. The highest BCUT2D eigenvalue weighted by Crippen LogP contribution is 2.38. The molecule has 168 valence electrons. The van der Waals surface area contributed by atoms with E-state index in [1.54, 1.807) is 0 Å². The molecule has 2 atom stereocenters. The molecule has 6 heteroatoms. The maximum atomic E-state index is 10.1. The van der Waals surface area contributed by atoms with Gasteiger partial charge in [-0.25, -0.2) is 0 Å². The van der Waals surface area contributed by atoms with Crippen molar-refractivity contribution in [2.75, 3.05) is 25.0 Å². The Labute approximate surface area is 197 Å². The molecule has 4 rings (SSSR count). The van der Waals surface area contributed by atoms with Crippen molar-refractivity contribution in [3.63, 3.8) is 0 Å². The first-order valence-electron chi connectivity index (χ1n) is 10.6. The quantitative estimate of drug-likeness (QED) is 0.371. The Morgan fingerprint density at radius 3 is 2.16 bits per heavy atom. The van der Waals surface area contributed by atoms with Crippen molar-refractivity contribution in [3.05, 3.63) is 82.7 Å². The molecule has 2 N–H and O–H groups in total. The number of fused-ring (bicyclic) bond motifs is 2. The molecule has 0 saturated carbocycles. The first-order chi connectivity index (χ1) is 15.6. The predicted octanol–water partition coefficient (Wildman–Crippen LogP) is 3.15. The molecule has 0 saturated heterocycles. The van der Waals surface area contributed by atoms with Gasteiger partial charge in [0.1, 0.15) is 0 Å². The SMILES string of the molecule is OC(CCl)COC1(OCC(O)CCl)CC=c2ccccc2=C1c1cccc2ccccc12. The zero-order chi connectivity index (χ0) is 22.6. The average molecular weight is 473 g/mol. The van der Waals surface area contributed by atoms with E-state index in [2.05, 4.69) is 36.4 Å².